The smallest absolute Gasteiger partial charge is 0.292 e. The van der Waals surface area contributed by atoms with Gasteiger partial charge in [-0.1, -0.05) is 43.3 Å². The van der Waals surface area contributed by atoms with Crippen LogP contribution in [0.2, 0.25) is 0 Å². The first-order chi connectivity index (χ1) is 11.6. The summed E-state index contributed by atoms with van der Waals surface area (Å²) in [7, 11) is 0. The van der Waals surface area contributed by atoms with Crippen LogP contribution in [-0.2, 0) is 6.42 Å². The number of aromatic nitrogens is 1. The summed E-state index contributed by atoms with van der Waals surface area (Å²) in [6.07, 6.45) is 0.800. The molecule has 122 valence electrons. The largest absolute Gasteiger partial charge is 0.357 e. The van der Waals surface area contributed by atoms with Crippen molar-refractivity contribution in [2.75, 3.05) is 5.32 Å². The molecule has 0 unspecified atom stereocenters. The molecular weight excluding hydrogens is 302 g/mol. The molecule has 24 heavy (non-hydrogen) atoms. The summed E-state index contributed by atoms with van der Waals surface area (Å²) in [5.74, 6) is 0. The van der Waals surface area contributed by atoms with E-state index in [1.54, 1.807) is 12.1 Å². The Morgan fingerprint density at radius 3 is 2.50 bits per heavy atom. The van der Waals surface area contributed by atoms with E-state index in [1.807, 2.05) is 49.4 Å². The first-order valence-corrected chi connectivity index (χ1v) is 7.88. The third kappa shape index (κ3) is 3.15. The second-order valence-corrected chi connectivity index (χ2v) is 5.70. The monoisotopic (exact) mass is 321 g/mol. The summed E-state index contributed by atoms with van der Waals surface area (Å²) < 4.78 is 0. The van der Waals surface area contributed by atoms with Crippen LogP contribution in [0.3, 0.4) is 0 Å². The number of hydrogen-bond acceptors (Lipinski definition) is 3. The van der Waals surface area contributed by atoms with Crippen molar-refractivity contribution < 1.29 is 4.92 Å². The van der Waals surface area contributed by atoms with Gasteiger partial charge in [-0.3, -0.25) is 10.1 Å². The van der Waals surface area contributed by atoms with Gasteiger partial charge in [0.2, 0.25) is 0 Å². The molecular formula is C19H19N3O2. The van der Waals surface area contributed by atoms with Crippen LogP contribution >= 0.6 is 0 Å². The van der Waals surface area contributed by atoms with Crippen molar-refractivity contribution in [2.24, 2.45) is 0 Å². The van der Waals surface area contributed by atoms with E-state index in [0.29, 0.717) is 5.69 Å². The van der Waals surface area contributed by atoms with Crippen molar-refractivity contribution in [3.8, 4) is 11.3 Å². The van der Waals surface area contributed by atoms with Gasteiger partial charge in [-0.2, -0.15) is 0 Å². The molecule has 1 heterocycles. The van der Waals surface area contributed by atoms with Crippen LogP contribution in [0.4, 0.5) is 17.1 Å². The van der Waals surface area contributed by atoms with E-state index >= 15 is 0 Å². The maximum absolute atomic E-state index is 11.3. The molecule has 3 aromatic rings. The number of hydrogen-bond donors (Lipinski definition) is 2. The average Bonchev–Trinajstić information content (AvgIpc) is 3.00. The van der Waals surface area contributed by atoms with Crippen molar-refractivity contribution in [1.29, 1.82) is 0 Å². The van der Waals surface area contributed by atoms with Crippen LogP contribution in [0.15, 0.2) is 54.6 Å². The van der Waals surface area contributed by atoms with Crippen molar-refractivity contribution in [1.82, 2.24) is 4.98 Å². The zero-order valence-electron chi connectivity index (χ0n) is 13.7. The van der Waals surface area contributed by atoms with E-state index in [-0.39, 0.29) is 10.6 Å². The molecule has 0 aliphatic heterocycles. The highest BCUT2D eigenvalue weighted by molar-refractivity contribution is 5.75. The molecule has 0 fully saturated rings. The Hall–Kier alpha value is -3.08. The van der Waals surface area contributed by atoms with Gasteiger partial charge in [0, 0.05) is 17.5 Å². The Morgan fingerprint density at radius 2 is 1.83 bits per heavy atom. The standard InChI is InChI=1S/C19H19N3O2/c1-3-15-18(12-17(20-15)14-7-5-4-6-8-14)21-16-10-9-13(2)11-19(16)22(23)24/h4-12,20-21H,3H2,1-2H3. The van der Waals surface area contributed by atoms with Gasteiger partial charge in [0.15, 0.2) is 0 Å². The number of H-pyrrole nitrogens is 1. The molecule has 0 atom stereocenters. The Kier molecular flexibility index (Phi) is 4.33. The molecule has 0 radical (unpaired) electrons. The molecule has 2 aromatic carbocycles. The van der Waals surface area contributed by atoms with Crippen LogP contribution in [0.1, 0.15) is 18.2 Å². The van der Waals surface area contributed by atoms with Gasteiger partial charge in [0.1, 0.15) is 5.69 Å². The van der Waals surface area contributed by atoms with E-state index in [4.69, 9.17) is 0 Å². The van der Waals surface area contributed by atoms with Gasteiger partial charge in [0.25, 0.3) is 5.69 Å². The van der Waals surface area contributed by atoms with Crippen molar-refractivity contribution in [2.45, 2.75) is 20.3 Å². The summed E-state index contributed by atoms with van der Waals surface area (Å²) in [6, 6.07) is 17.2. The zero-order chi connectivity index (χ0) is 17.1. The lowest BCUT2D eigenvalue weighted by Crippen LogP contribution is -1.98. The Morgan fingerprint density at radius 1 is 1.08 bits per heavy atom. The summed E-state index contributed by atoms with van der Waals surface area (Å²) in [6.45, 7) is 3.90. The number of aromatic amines is 1. The van der Waals surface area contributed by atoms with Crippen LogP contribution in [0, 0.1) is 17.0 Å². The Labute approximate surface area is 140 Å². The van der Waals surface area contributed by atoms with Crippen LogP contribution in [0.25, 0.3) is 11.3 Å². The number of aryl methyl sites for hydroxylation is 2. The maximum Gasteiger partial charge on any atom is 0.292 e. The predicted octanol–water partition coefficient (Wildman–Crippen LogP) is 5.20. The molecule has 5 heteroatoms. The minimum atomic E-state index is -0.355. The normalized spacial score (nSPS) is 10.6. The fourth-order valence-electron chi connectivity index (χ4n) is 2.70. The minimum Gasteiger partial charge on any atom is -0.357 e. The number of nitrogens with one attached hydrogen (secondary N) is 2. The number of benzene rings is 2. The minimum absolute atomic E-state index is 0.0829. The zero-order valence-corrected chi connectivity index (χ0v) is 13.7. The number of rotatable bonds is 5. The third-order valence-electron chi connectivity index (χ3n) is 3.96. The Bertz CT molecular complexity index is 870. The average molecular weight is 321 g/mol. The number of nitrogens with zero attached hydrogens (tertiary/aromatic N) is 1. The second kappa shape index (κ2) is 6.58. The van der Waals surface area contributed by atoms with Gasteiger partial charge in [0.05, 0.1) is 10.6 Å². The van der Waals surface area contributed by atoms with E-state index in [1.165, 1.54) is 0 Å². The summed E-state index contributed by atoms with van der Waals surface area (Å²) in [5.41, 5.74) is 5.40. The molecule has 0 spiro atoms. The lowest BCUT2D eigenvalue weighted by Gasteiger charge is -2.08. The van der Waals surface area contributed by atoms with Crippen LogP contribution in [0.5, 0.6) is 0 Å². The first-order valence-electron chi connectivity index (χ1n) is 7.88. The van der Waals surface area contributed by atoms with Gasteiger partial charge < -0.3 is 10.3 Å². The van der Waals surface area contributed by atoms with Crippen molar-refractivity contribution >= 4 is 17.1 Å². The predicted molar refractivity (Wildman–Crippen MR) is 96.7 cm³/mol. The van der Waals surface area contributed by atoms with E-state index in [0.717, 1.165) is 34.6 Å². The number of nitro groups is 1. The highest BCUT2D eigenvalue weighted by Crippen LogP contribution is 2.32. The lowest BCUT2D eigenvalue weighted by atomic mass is 10.1. The summed E-state index contributed by atoms with van der Waals surface area (Å²) in [4.78, 5) is 14.3. The van der Waals surface area contributed by atoms with Gasteiger partial charge in [-0.25, -0.2) is 0 Å². The van der Waals surface area contributed by atoms with E-state index in [9.17, 15) is 10.1 Å². The highest BCUT2D eigenvalue weighted by Gasteiger charge is 2.16. The molecule has 0 bridgehead atoms. The van der Waals surface area contributed by atoms with Gasteiger partial charge in [-0.05, 0) is 36.6 Å². The SMILES string of the molecule is CCc1[nH]c(-c2ccccc2)cc1Nc1ccc(C)cc1[N+](=O)[O-]. The molecule has 2 N–H and O–H groups in total. The van der Waals surface area contributed by atoms with E-state index < -0.39 is 0 Å². The van der Waals surface area contributed by atoms with Crippen LogP contribution in [-0.4, -0.2) is 9.91 Å². The van der Waals surface area contributed by atoms with Crippen molar-refractivity contribution in [3.63, 3.8) is 0 Å². The third-order valence-corrected chi connectivity index (χ3v) is 3.96. The quantitative estimate of drug-likeness (QED) is 0.501. The topological polar surface area (TPSA) is 71.0 Å². The summed E-state index contributed by atoms with van der Waals surface area (Å²) in [5, 5.41) is 14.5. The fraction of sp³-hybridized carbons (Fsp3) is 0.158. The molecule has 0 aliphatic carbocycles. The lowest BCUT2D eigenvalue weighted by molar-refractivity contribution is -0.384. The molecule has 1 aromatic heterocycles. The second-order valence-electron chi connectivity index (χ2n) is 5.70. The fourth-order valence-corrected chi connectivity index (χ4v) is 2.70. The number of anilines is 2. The molecule has 0 aliphatic rings. The van der Waals surface area contributed by atoms with Gasteiger partial charge in [-0.15, -0.1) is 0 Å². The highest BCUT2D eigenvalue weighted by atomic mass is 16.6. The Balaban J connectivity index is 1.99. The van der Waals surface area contributed by atoms with Crippen LogP contribution < -0.4 is 5.32 Å². The number of nitro benzene ring substituents is 1. The van der Waals surface area contributed by atoms with Gasteiger partial charge >= 0.3 is 0 Å². The molecule has 0 saturated heterocycles. The molecule has 0 saturated carbocycles. The maximum atomic E-state index is 11.3. The van der Waals surface area contributed by atoms with E-state index in [2.05, 4.69) is 17.2 Å². The molecule has 5 nitrogen and oxygen atoms in total. The van der Waals surface area contributed by atoms with Crippen molar-refractivity contribution in [3.05, 3.63) is 76.0 Å². The molecule has 0 amide bonds. The molecule has 3 rings (SSSR count). The first kappa shape index (κ1) is 15.8. The summed E-state index contributed by atoms with van der Waals surface area (Å²) >= 11 is 0.